The van der Waals surface area contributed by atoms with Crippen LogP contribution in [0, 0.1) is 5.82 Å². The van der Waals surface area contributed by atoms with Crippen molar-refractivity contribution in [2.75, 3.05) is 5.88 Å². The Bertz CT molecular complexity index is 406. The van der Waals surface area contributed by atoms with E-state index < -0.39 is 0 Å². The van der Waals surface area contributed by atoms with Crippen molar-refractivity contribution in [3.05, 3.63) is 35.6 Å². The number of hydrogen-bond donors (Lipinski definition) is 0. The summed E-state index contributed by atoms with van der Waals surface area (Å²) in [6.07, 6.45) is 3.20. The van der Waals surface area contributed by atoms with Crippen LogP contribution in [0.3, 0.4) is 0 Å². The van der Waals surface area contributed by atoms with Gasteiger partial charge < -0.3 is 4.90 Å². The van der Waals surface area contributed by atoms with Crippen molar-refractivity contribution < 1.29 is 9.18 Å². The van der Waals surface area contributed by atoms with E-state index in [2.05, 4.69) is 0 Å². The molecule has 1 amide bonds. The maximum Gasteiger partial charge on any atom is 0.238 e. The number of rotatable bonds is 4. The molecule has 0 radical (unpaired) electrons. The summed E-state index contributed by atoms with van der Waals surface area (Å²) in [5.74, 6) is -0.346. The van der Waals surface area contributed by atoms with Gasteiger partial charge in [-0.2, -0.15) is 0 Å². The number of alkyl halides is 1. The van der Waals surface area contributed by atoms with E-state index in [4.69, 9.17) is 11.6 Å². The highest BCUT2D eigenvalue weighted by atomic mass is 35.5. The summed E-state index contributed by atoms with van der Waals surface area (Å²) < 4.78 is 13.1. The van der Waals surface area contributed by atoms with Crippen LogP contribution in [-0.2, 0) is 11.3 Å². The highest BCUT2D eigenvalue weighted by Gasteiger charge is 2.28. The van der Waals surface area contributed by atoms with Gasteiger partial charge in [-0.05, 0) is 37.0 Å². The number of amides is 1. The summed E-state index contributed by atoms with van der Waals surface area (Å²) in [5.41, 5.74) is 0.815. The summed E-state index contributed by atoms with van der Waals surface area (Å²) >= 11 is 5.60. The second kappa shape index (κ2) is 5.50. The van der Waals surface area contributed by atoms with Crippen LogP contribution in [0.25, 0.3) is 0 Å². The van der Waals surface area contributed by atoms with Crippen LogP contribution in [0.1, 0.15) is 24.8 Å². The lowest BCUT2D eigenvalue weighted by Gasteiger charge is -2.37. The fraction of sp³-hybridized carbons (Fsp3) is 0.462. The molecule has 0 unspecified atom stereocenters. The summed E-state index contributed by atoms with van der Waals surface area (Å²) in [4.78, 5) is 13.5. The highest BCUT2D eigenvalue weighted by Crippen LogP contribution is 2.26. The molecule has 4 heteroatoms. The van der Waals surface area contributed by atoms with Crippen LogP contribution in [0.5, 0.6) is 0 Å². The van der Waals surface area contributed by atoms with Crippen molar-refractivity contribution in [3.8, 4) is 0 Å². The van der Waals surface area contributed by atoms with E-state index in [0.717, 1.165) is 24.8 Å². The molecule has 0 aromatic heterocycles. The van der Waals surface area contributed by atoms with E-state index in [-0.39, 0.29) is 23.6 Å². The Hall–Kier alpha value is -1.09. The molecule has 0 atom stereocenters. The van der Waals surface area contributed by atoms with Gasteiger partial charge in [0.1, 0.15) is 11.7 Å². The Balaban J connectivity index is 2.08. The number of nitrogens with zero attached hydrogens (tertiary/aromatic N) is 1. The molecule has 1 aromatic rings. The lowest BCUT2D eigenvalue weighted by molar-refractivity contribution is -0.133. The van der Waals surface area contributed by atoms with Crippen molar-refractivity contribution in [2.45, 2.75) is 31.8 Å². The Morgan fingerprint density at radius 3 is 2.76 bits per heavy atom. The third-order valence-electron chi connectivity index (χ3n) is 3.19. The van der Waals surface area contributed by atoms with Crippen LogP contribution in [0.4, 0.5) is 4.39 Å². The molecule has 17 heavy (non-hydrogen) atoms. The molecule has 1 aliphatic rings. The Morgan fingerprint density at radius 1 is 1.47 bits per heavy atom. The van der Waals surface area contributed by atoms with E-state index >= 15 is 0 Å². The number of benzene rings is 1. The van der Waals surface area contributed by atoms with Gasteiger partial charge in [0.05, 0.1) is 0 Å². The number of hydrogen-bond acceptors (Lipinski definition) is 1. The summed E-state index contributed by atoms with van der Waals surface area (Å²) in [5, 5.41) is 0. The van der Waals surface area contributed by atoms with Crippen LogP contribution in [0.15, 0.2) is 24.3 Å². The first-order valence-electron chi connectivity index (χ1n) is 5.80. The molecule has 1 saturated carbocycles. The van der Waals surface area contributed by atoms with E-state index in [9.17, 15) is 9.18 Å². The molecule has 1 aliphatic carbocycles. The number of carbonyl (C=O) groups excluding carboxylic acids is 1. The average Bonchev–Trinajstić information content (AvgIpc) is 2.25. The smallest absolute Gasteiger partial charge is 0.238 e. The third-order valence-corrected chi connectivity index (χ3v) is 3.42. The monoisotopic (exact) mass is 255 g/mol. The zero-order valence-corrected chi connectivity index (χ0v) is 10.3. The molecule has 0 spiro atoms. The summed E-state index contributed by atoms with van der Waals surface area (Å²) in [6.45, 7) is 0.452. The van der Waals surface area contributed by atoms with Crippen molar-refractivity contribution in [2.24, 2.45) is 0 Å². The Kier molecular flexibility index (Phi) is 4.00. The molecule has 92 valence electrons. The van der Waals surface area contributed by atoms with Gasteiger partial charge in [-0.1, -0.05) is 12.1 Å². The van der Waals surface area contributed by atoms with Gasteiger partial charge in [0, 0.05) is 12.6 Å². The lowest BCUT2D eigenvalue weighted by atomic mass is 9.91. The van der Waals surface area contributed by atoms with Crippen LogP contribution in [-0.4, -0.2) is 22.7 Å². The first kappa shape index (κ1) is 12.4. The SMILES string of the molecule is O=C(CCl)N(Cc1cccc(F)c1)C1CCC1. The van der Waals surface area contributed by atoms with Crippen molar-refractivity contribution in [1.82, 2.24) is 4.90 Å². The zero-order valence-electron chi connectivity index (χ0n) is 9.53. The quantitative estimate of drug-likeness (QED) is 0.758. The largest absolute Gasteiger partial charge is 0.334 e. The fourth-order valence-electron chi connectivity index (χ4n) is 2.03. The summed E-state index contributed by atoms with van der Waals surface area (Å²) in [6, 6.07) is 6.64. The summed E-state index contributed by atoms with van der Waals surface area (Å²) in [7, 11) is 0. The van der Waals surface area contributed by atoms with Crippen molar-refractivity contribution >= 4 is 17.5 Å². The predicted octanol–water partition coefficient (Wildman–Crippen LogP) is 2.95. The van der Waals surface area contributed by atoms with E-state index in [1.165, 1.54) is 12.1 Å². The van der Waals surface area contributed by atoms with E-state index in [0.29, 0.717) is 6.54 Å². The van der Waals surface area contributed by atoms with Crippen molar-refractivity contribution in [3.63, 3.8) is 0 Å². The standard InChI is InChI=1S/C13H15ClFNO/c14-8-13(17)16(12-5-2-6-12)9-10-3-1-4-11(15)7-10/h1,3-4,7,12H,2,5-6,8-9H2. The molecular weight excluding hydrogens is 241 g/mol. The van der Waals surface area contributed by atoms with Gasteiger partial charge in [-0.25, -0.2) is 4.39 Å². The van der Waals surface area contributed by atoms with Gasteiger partial charge in [0.2, 0.25) is 5.91 Å². The second-order valence-corrected chi connectivity index (χ2v) is 4.64. The average molecular weight is 256 g/mol. The first-order chi connectivity index (χ1) is 8.20. The molecule has 1 fully saturated rings. The molecular formula is C13H15ClFNO. The molecule has 2 nitrogen and oxygen atoms in total. The minimum Gasteiger partial charge on any atom is -0.334 e. The maximum atomic E-state index is 13.1. The molecule has 1 aromatic carbocycles. The molecule has 0 aliphatic heterocycles. The molecule has 0 saturated heterocycles. The van der Waals surface area contributed by atoms with Gasteiger partial charge in [0.15, 0.2) is 0 Å². The van der Waals surface area contributed by atoms with Gasteiger partial charge >= 0.3 is 0 Å². The van der Waals surface area contributed by atoms with Crippen molar-refractivity contribution in [1.29, 1.82) is 0 Å². The Labute approximate surface area is 105 Å². The fourth-order valence-corrected chi connectivity index (χ4v) is 2.18. The van der Waals surface area contributed by atoms with Gasteiger partial charge in [0.25, 0.3) is 0 Å². The molecule has 0 heterocycles. The lowest BCUT2D eigenvalue weighted by Crippen LogP contribution is -2.44. The van der Waals surface area contributed by atoms with Gasteiger partial charge in [-0.3, -0.25) is 4.79 Å². The minimum atomic E-state index is -0.269. The minimum absolute atomic E-state index is 0.00812. The van der Waals surface area contributed by atoms with Crippen LogP contribution < -0.4 is 0 Å². The second-order valence-electron chi connectivity index (χ2n) is 4.37. The zero-order chi connectivity index (χ0) is 12.3. The molecule has 0 bridgehead atoms. The highest BCUT2D eigenvalue weighted by molar-refractivity contribution is 6.27. The maximum absolute atomic E-state index is 13.1. The van der Waals surface area contributed by atoms with E-state index in [1.54, 1.807) is 11.0 Å². The first-order valence-corrected chi connectivity index (χ1v) is 6.34. The Morgan fingerprint density at radius 2 is 2.24 bits per heavy atom. The van der Waals surface area contributed by atoms with Gasteiger partial charge in [-0.15, -0.1) is 11.6 Å². The molecule has 2 rings (SSSR count). The topological polar surface area (TPSA) is 20.3 Å². The van der Waals surface area contributed by atoms with Crippen LogP contribution in [0.2, 0.25) is 0 Å². The number of carbonyl (C=O) groups is 1. The molecule has 0 N–H and O–H groups in total. The normalized spacial score (nSPS) is 15.4. The predicted molar refractivity (Wildman–Crippen MR) is 65.3 cm³/mol. The van der Waals surface area contributed by atoms with Crippen LogP contribution >= 0.6 is 11.6 Å². The third kappa shape index (κ3) is 2.97. The number of halogens is 2. The van der Waals surface area contributed by atoms with E-state index in [1.807, 2.05) is 6.07 Å².